The van der Waals surface area contributed by atoms with Gasteiger partial charge in [0.25, 0.3) is 0 Å². The van der Waals surface area contributed by atoms with E-state index in [1.807, 2.05) is 0 Å². The standard InChI is InChI=1S/C12H16N2O4S/c1-18-12(17)8-2-4-14(5-3-8)6-10-13-9(7-19-10)11(15)16/h7-8H,2-6H2,1H3,(H,15,16). The maximum atomic E-state index is 11.4. The fourth-order valence-corrected chi connectivity index (χ4v) is 2.98. The van der Waals surface area contributed by atoms with Crippen LogP contribution in [0.15, 0.2) is 5.38 Å². The Morgan fingerprint density at radius 1 is 1.53 bits per heavy atom. The van der Waals surface area contributed by atoms with Crippen molar-refractivity contribution in [3.05, 3.63) is 16.1 Å². The van der Waals surface area contributed by atoms with E-state index in [2.05, 4.69) is 9.88 Å². The van der Waals surface area contributed by atoms with Crippen LogP contribution in [0, 0.1) is 5.92 Å². The van der Waals surface area contributed by atoms with Gasteiger partial charge in [-0.15, -0.1) is 11.3 Å². The number of aromatic nitrogens is 1. The van der Waals surface area contributed by atoms with Crippen LogP contribution in [0.4, 0.5) is 0 Å². The van der Waals surface area contributed by atoms with E-state index in [1.54, 1.807) is 5.38 Å². The van der Waals surface area contributed by atoms with Crippen LogP contribution < -0.4 is 0 Å². The molecule has 0 aromatic carbocycles. The molecule has 0 radical (unpaired) electrons. The van der Waals surface area contributed by atoms with Crippen LogP contribution in [-0.4, -0.2) is 47.1 Å². The Bertz CT molecular complexity index is 466. The number of thiazole rings is 1. The number of hydrogen-bond donors (Lipinski definition) is 1. The first-order valence-electron chi connectivity index (χ1n) is 6.08. The lowest BCUT2D eigenvalue weighted by molar-refractivity contribution is -0.147. The van der Waals surface area contributed by atoms with Gasteiger partial charge in [0.05, 0.1) is 19.6 Å². The second-order valence-electron chi connectivity index (χ2n) is 4.51. The molecular weight excluding hydrogens is 268 g/mol. The number of nitrogens with zero attached hydrogens (tertiary/aromatic N) is 2. The highest BCUT2D eigenvalue weighted by Crippen LogP contribution is 2.21. The molecule has 0 amide bonds. The van der Waals surface area contributed by atoms with Crippen LogP contribution in [0.3, 0.4) is 0 Å². The molecule has 1 fully saturated rings. The number of esters is 1. The third-order valence-electron chi connectivity index (χ3n) is 3.25. The van der Waals surface area contributed by atoms with E-state index in [9.17, 15) is 9.59 Å². The molecule has 1 aliphatic heterocycles. The lowest BCUT2D eigenvalue weighted by Gasteiger charge is -2.29. The summed E-state index contributed by atoms with van der Waals surface area (Å²) in [5.41, 5.74) is 0.101. The van der Waals surface area contributed by atoms with Gasteiger partial charge in [0, 0.05) is 5.38 Å². The predicted octanol–water partition coefficient (Wildman–Crippen LogP) is 1.23. The lowest BCUT2D eigenvalue weighted by Crippen LogP contribution is -2.36. The number of carbonyl (C=O) groups is 2. The van der Waals surface area contributed by atoms with Gasteiger partial charge in [0.15, 0.2) is 5.69 Å². The summed E-state index contributed by atoms with van der Waals surface area (Å²) < 4.78 is 4.74. The fourth-order valence-electron chi connectivity index (χ4n) is 2.17. The Morgan fingerprint density at radius 2 is 2.21 bits per heavy atom. The summed E-state index contributed by atoms with van der Waals surface area (Å²) in [7, 11) is 1.41. The molecule has 2 rings (SSSR count). The van der Waals surface area contributed by atoms with Gasteiger partial charge < -0.3 is 9.84 Å². The van der Waals surface area contributed by atoms with E-state index in [0.29, 0.717) is 6.54 Å². The van der Waals surface area contributed by atoms with E-state index >= 15 is 0 Å². The van der Waals surface area contributed by atoms with Crippen LogP contribution in [-0.2, 0) is 16.1 Å². The molecule has 0 saturated carbocycles. The van der Waals surface area contributed by atoms with Gasteiger partial charge in [-0.1, -0.05) is 0 Å². The third kappa shape index (κ3) is 3.51. The molecule has 104 valence electrons. The highest BCUT2D eigenvalue weighted by Gasteiger charge is 2.26. The predicted molar refractivity (Wildman–Crippen MR) is 69.1 cm³/mol. The summed E-state index contributed by atoms with van der Waals surface area (Å²) in [5.74, 6) is -1.14. The average molecular weight is 284 g/mol. The Kier molecular flexibility index (Phi) is 4.49. The van der Waals surface area contributed by atoms with Crippen molar-refractivity contribution in [3.63, 3.8) is 0 Å². The zero-order valence-electron chi connectivity index (χ0n) is 10.7. The molecule has 0 bridgehead atoms. The molecule has 0 atom stereocenters. The van der Waals surface area contributed by atoms with Crippen molar-refractivity contribution >= 4 is 23.3 Å². The van der Waals surface area contributed by atoms with Crippen LogP contribution in [0.2, 0.25) is 0 Å². The second-order valence-corrected chi connectivity index (χ2v) is 5.45. The number of carbonyl (C=O) groups excluding carboxylic acids is 1. The van der Waals surface area contributed by atoms with Crippen molar-refractivity contribution in [1.29, 1.82) is 0 Å². The number of carboxylic acids is 1. The second kappa shape index (κ2) is 6.12. The molecule has 0 unspecified atom stereocenters. The normalized spacial score (nSPS) is 17.3. The van der Waals surface area contributed by atoms with Crippen molar-refractivity contribution in [2.75, 3.05) is 20.2 Å². The molecule has 1 aromatic heterocycles. The largest absolute Gasteiger partial charge is 0.476 e. The average Bonchev–Trinajstić information content (AvgIpc) is 2.87. The molecule has 7 heteroatoms. The highest BCUT2D eigenvalue weighted by atomic mass is 32.1. The monoisotopic (exact) mass is 284 g/mol. The molecule has 2 heterocycles. The highest BCUT2D eigenvalue weighted by molar-refractivity contribution is 7.09. The Balaban J connectivity index is 1.85. The quantitative estimate of drug-likeness (QED) is 0.838. The fraction of sp³-hybridized carbons (Fsp3) is 0.583. The molecule has 1 N–H and O–H groups in total. The van der Waals surface area contributed by atoms with Crippen molar-refractivity contribution in [3.8, 4) is 0 Å². The van der Waals surface area contributed by atoms with Crippen LogP contribution in [0.25, 0.3) is 0 Å². The zero-order valence-corrected chi connectivity index (χ0v) is 11.5. The Labute approximate surface area is 115 Å². The van der Waals surface area contributed by atoms with E-state index in [-0.39, 0.29) is 17.6 Å². The van der Waals surface area contributed by atoms with Gasteiger partial charge in [0.1, 0.15) is 5.01 Å². The van der Waals surface area contributed by atoms with Crippen molar-refractivity contribution < 1.29 is 19.4 Å². The van der Waals surface area contributed by atoms with E-state index in [0.717, 1.165) is 30.9 Å². The minimum Gasteiger partial charge on any atom is -0.476 e. The minimum absolute atomic E-state index is 0.00729. The molecule has 6 nitrogen and oxygen atoms in total. The Hall–Kier alpha value is -1.47. The van der Waals surface area contributed by atoms with Gasteiger partial charge >= 0.3 is 11.9 Å². The molecular formula is C12H16N2O4S. The van der Waals surface area contributed by atoms with Gasteiger partial charge in [-0.2, -0.15) is 0 Å². The number of piperidine rings is 1. The first-order valence-corrected chi connectivity index (χ1v) is 6.96. The third-order valence-corrected chi connectivity index (χ3v) is 4.09. The molecule has 0 aliphatic carbocycles. The van der Waals surface area contributed by atoms with Crippen LogP contribution in [0.5, 0.6) is 0 Å². The number of rotatable bonds is 4. The summed E-state index contributed by atoms with van der Waals surface area (Å²) in [6, 6.07) is 0. The van der Waals surface area contributed by atoms with Gasteiger partial charge in [-0.05, 0) is 25.9 Å². The Morgan fingerprint density at radius 3 is 2.74 bits per heavy atom. The zero-order chi connectivity index (χ0) is 13.8. The summed E-state index contributed by atoms with van der Waals surface area (Å²) in [4.78, 5) is 28.4. The minimum atomic E-state index is -0.994. The van der Waals surface area contributed by atoms with E-state index < -0.39 is 5.97 Å². The summed E-state index contributed by atoms with van der Waals surface area (Å²) in [6.45, 7) is 2.26. The van der Waals surface area contributed by atoms with Gasteiger partial charge in [-0.3, -0.25) is 9.69 Å². The maximum Gasteiger partial charge on any atom is 0.355 e. The van der Waals surface area contributed by atoms with Crippen molar-refractivity contribution in [1.82, 2.24) is 9.88 Å². The molecule has 1 aromatic rings. The SMILES string of the molecule is COC(=O)C1CCN(Cc2nc(C(=O)O)cs2)CC1. The van der Waals surface area contributed by atoms with Crippen LogP contribution in [0.1, 0.15) is 28.3 Å². The number of methoxy groups -OCH3 is 1. The smallest absolute Gasteiger partial charge is 0.355 e. The molecule has 1 saturated heterocycles. The molecule has 1 aliphatic rings. The lowest BCUT2D eigenvalue weighted by atomic mass is 9.97. The number of ether oxygens (including phenoxy) is 1. The van der Waals surface area contributed by atoms with Crippen LogP contribution >= 0.6 is 11.3 Å². The number of carboxylic acid groups (broad SMARTS) is 1. The first kappa shape index (κ1) is 14.0. The first-order chi connectivity index (χ1) is 9.10. The van der Waals surface area contributed by atoms with Gasteiger partial charge in [0.2, 0.25) is 0 Å². The molecule has 0 spiro atoms. The van der Waals surface area contributed by atoms with Gasteiger partial charge in [-0.25, -0.2) is 9.78 Å². The number of aromatic carboxylic acids is 1. The maximum absolute atomic E-state index is 11.4. The van der Waals surface area contributed by atoms with Crippen molar-refractivity contribution in [2.24, 2.45) is 5.92 Å². The summed E-state index contributed by atoms with van der Waals surface area (Å²) in [5, 5.41) is 11.2. The summed E-state index contributed by atoms with van der Waals surface area (Å²) >= 11 is 1.36. The van der Waals surface area contributed by atoms with E-state index in [1.165, 1.54) is 18.4 Å². The molecule has 19 heavy (non-hydrogen) atoms. The summed E-state index contributed by atoms with van der Waals surface area (Å²) in [6.07, 6.45) is 1.56. The number of likely N-dealkylation sites (tertiary alicyclic amines) is 1. The topological polar surface area (TPSA) is 79.7 Å². The van der Waals surface area contributed by atoms with Crippen molar-refractivity contribution in [2.45, 2.75) is 19.4 Å². The van der Waals surface area contributed by atoms with E-state index in [4.69, 9.17) is 9.84 Å². The number of hydrogen-bond acceptors (Lipinski definition) is 6.